The second-order valence-electron chi connectivity index (χ2n) is 5.88. The lowest BCUT2D eigenvalue weighted by molar-refractivity contribution is 0.113. The molecule has 98 valence electrons. The van der Waals surface area contributed by atoms with Gasteiger partial charge in [0, 0.05) is 12.1 Å². The highest BCUT2D eigenvalue weighted by atomic mass is 16.3. The number of nitrogens with one attached hydrogen (secondary N) is 1. The van der Waals surface area contributed by atoms with Gasteiger partial charge in [-0.05, 0) is 56.1 Å². The maximum absolute atomic E-state index is 9.54. The fourth-order valence-corrected chi connectivity index (χ4v) is 3.42. The van der Waals surface area contributed by atoms with Crippen molar-refractivity contribution in [2.75, 3.05) is 0 Å². The van der Waals surface area contributed by atoms with E-state index in [0.717, 1.165) is 25.7 Å². The van der Waals surface area contributed by atoms with E-state index in [1.54, 1.807) is 0 Å². The van der Waals surface area contributed by atoms with E-state index in [4.69, 9.17) is 0 Å². The van der Waals surface area contributed by atoms with E-state index >= 15 is 0 Å². The molecule has 3 rings (SSSR count). The minimum atomic E-state index is -0.0462. The minimum Gasteiger partial charge on any atom is -0.393 e. The van der Waals surface area contributed by atoms with Gasteiger partial charge in [-0.25, -0.2) is 0 Å². The molecule has 0 radical (unpaired) electrons. The molecule has 1 saturated carbocycles. The molecule has 0 bridgehead atoms. The molecule has 1 aromatic carbocycles. The molecule has 0 saturated heterocycles. The van der Waals surface area contributed by atoms with Crippen LogP contribution >= 0.6 is 0 Å². The molecule has 0 spiro atoms. The first-order valence-electron chi connectivity index (χ1n) is 7.32. The van der Waals surface area contributed by atoms with Crippen molar-refractivity contribution in [2.45, 2.75) is 63.1 Å². The number of aliphatic hydroxyl groups is 1. The van der Waals surface area contributed by atoms with Gasteiger partial charge in [0.2, 0.25) is 0 Å². The first-order valence-corrected chi connectivity index (χ1v) is 7.32. The number of rotatable bonds is 2. The Morgan fingerprint density at radius 2 is 1.61 bits per heavy atom. The van der Waals surface area contributed by atoms with E-state index in [9.17, 15) is 5.11 Å². The molecule has 0 heterocycles. The van der Waals surface area contributed by atoms with Gasteiger partial charge < -0.3 is 10.4 Å². The summed E-state index contributed by atoms with van der Waals surface area (Å²) in [6, 6.07) is 10.1. The highest BCUT2D eigenvalue weighted by Crippen LogP contribution is 2.24. The van der Waals surface area contributed by atoms with Crippen molar-refractivity contribution < 1.29 is 5.11 Å². The lowest BCUT2D eigenvalue weighted by Gasteiger charge is -2.33. The number of hydrogen-bond acceptors (Lipinski definition) is 2. The van der Waals surface area contributed by atoms with Gasteiger partial charge in [-0.1, -0.05) is 24.3 Å². The number of fused-ring (bicyclic) bond motifs is 1. The van der Waals surface area contributed by atoms with E-state index < -0.39 is 0 Å². The van der Waals surface area contributed by atoms with E-state index in [-0.39, 0.29) is 6.10 Å². The first-order chi connectivity index (χ1) is 8.81. The largest absolute Gasteiger partial charge is 0.393 e. The Morgan fingerprint density at radius 3 is 2.39 bits per heavy atom. The molecule has 1 fully saturated rings. The van der Waals surface area contributed by atoms with Crippen LogP contribution in [0.2, 0.25) is 0 Å². The van der Waals surface area contributed by atoms with Crippen LogP contribution in [0.3, 0.4) is 0 Å². The van der Waals surface area contributed by atoms with Crippen molar-refractivity contribution in [1.82, 2.24) is 5.32 Å². The molecule has 1 aromatic rings. The van der Waals surface area contributed by atoms with E-state index in [1.165, 1.54) is 30.4 Å². The zero-order valence-corrected chi connectivity index (χ0v) is 10.9. The second-order valence-corrected chi connectivity index (χ2v) is 5.88. The zero-order chi connectivity index (χ0) is 12.4. The molecule has 2 nitrogen and oxygen atoms in total. The van der Waals surface area contributed by atoms with Gasteiger partial charge in [0.15, 0.2) is 0 Å². The summed E-state index contributed by atoms with van der Waals surface area (Å²) in [5.74, 6) is 0. The van der Waals surface area contributed by atoms with Crippen molar-refractivity contribution in [2.24, 2.45) is 0 Å². The summed E-state index contributed by atoms with van der Waals surface area (Å²) in [6.07, 6.45) is 7.82. The van der Waals surface area contributed by atoms with Gasteiger partial charge in [0.05, 0.1) is 6.10 Å². The fourth-order valence-electron chi connectivity index (χ4n) is 3.42. The lowest BCUT2D eigenvalue weighted by atomic mass is 9.86. The maximum atomic E-state index is 9.54. The average Bonchev–Trinajstić information content (AvgIpc) is 2.41. The van der Waals surface area contributed by atoms with Crippen LogP contribution in [0.4, 0.5) is 0 Å². The van der Waals surface area contributed by atoms with Crippen molar-refractivity contribution >= 4 is 0 Å². The van der Waals surface area contributed by atoms with Gasteiger partial charge in [-0.3, -0.25) is 0 Å². The zero-order valence-electron chi connectivity index (χ0n) is 10.9. The molecule has 2 aliphatic rings. The van der Waals surface area contributed by atoms with Crippen LogP contribution in [-0.2, 0) is 12.8 Å². The molecule has 0 aromatic heterocycles. The number of aryl methyl sites for hydroxylation is 1. The molecule has 0 aliphatic heterocycles. The highest BCUT2D eigenvalue weighted by Gasteiger charge is 2.24. The predicted molar refractivity (Wildman–Crippen MR) is 73.7 cm³/mol. The second kappa shape index (κ2) is 5.41. The molecule has 18 heavy (non-hydrogen) atoms. The Hall–Kier alpha value is -0.860. The molecule has 2 heteroatoms. The van der Waals surface area contributed by atoms with Gasteiger partial charge in [0.25, 0.3) is 0 Å². The standard InChI is InChI=1S/C16H23NO/c18-16-9-7-14(8-10-16)17-15-6-5-12-3-1-2-4-13(12)11-15/h1-4,14-18H,5-11H2/t14?,15-,16?/m0/s1. The van der Waals surface area contributed by atoms with Crippen LogP contribution in [-0.4, -0.2) is 23.3 Å². The van der Waals surface area contributed by atoms with E-state index in [0.29, 0.717) is 12.1 Å². The molecule has 0 unspecified atom stereocenters. The third-order valence-corrected chi connectivity index (χ3v) is 4.51. The monoisotopic (exact) mass is 245 g/mol. The van der Waals surface area contributed by atoms with Gasteiger partial charge in [0.1, 0.15) is 0 Å². The Balaban J connectivity index is 1.56. The summed E-state index contributed by atoms with van der Waals surface area (Å²) in [6.45, 7) is 0. The van der Waals surface area contributed by atoms with Crippen LogP contribution in [0.25, 0.3) is 0 Å². The number of benzene rings is 1. The minimum absolute atomic E-state index is 0.0462. The normalized spacial score (nSPS) is 31.9. The molecule has 0 amide bonds. The van der Waals surface area contributed by atoms with Crippen LogP contribution in [0.5, 0.6) is 0 Å². The topological polar surface area (TPSA) is 32.3 Å². The van der Waals surface area contributed by atoms with Crippen LogP contribution < -0.4 is 5.32 Å². The predicted octanol–water partition coefficient (Wildman–Crippen LogP) is 2.44. The SMILES string of the molecule is OC1CCC(N[C@H]2CCc3ccccc3C2)CC1. The summed E-state index contributed by atoms with van der Waals surface area (Å²) < 4.78 is 0. The molecule has 2 N–H and O–H groups in total. The molecule has 1 atom stereocenters. The third kappa shape index (κ3) is 2.76. The van der Waals surface area contributed by atoms with E-state index in [1.807, 2.05) is 0 Å². The van der Waals surface area contributed by atoms with Crippen LogP contribution in [0, 0.1) is 0 Å². The maximum Gasteiger partial charge on any atom is 0.0541 e. The smallest absolute Gasteiger partial charge is 0.0541 e. The van der Waals surface area contributed by atoms with Crippen molar-refractivity contribution in [3.63, 3.8) is 0 Å². The summed E-state index contributed by atoms with van der Waals surface area (Å²) in [4.78, 5) is 0. The summed E-state index contributed by atoms with van der Waals surface area (Å²) in [5, 5.41) is 13.3. The van der Waals surface area contributed by atoms with Crippen LogP contribution in [0.1, 0.15) is 43.2 Å². The Labute approximate surface area is 109 Å². The molecular weight excluding hydrogens is 222 g/mol. The molecule has 2 aliphatic carbocycles. The number of hydrogen-bond donors (Lipinski definition) is 2. The van der Waals surface area contributed by atoms with Gasteiger partial charge in [-0.15, -0.1) is 0 Å². The van der Waals surface area contributed by atoms with Crippen molar-refractivity contribution in [1.29, 1.82) is 0 Å². The highest BCUT2D eigenvalue weighted by molar-refractivity contribution is 5.30. The first kappa shape index (κ1) is 12.2. The summed E-state index contributed by atoms with van der Waals surface area (Å²) in [5.41, 5.74) is 3.06. The van der Waals surface area contributed by atoms with Crippen molar-refractivity contribution in [3.05, 3.63) is 35.4 Å². The Morgan fingerprint density at radius 1 is 0.889 bits per heavy atom. The lowest BCUT2D eigenvalue weighted by Crippen LogP contribution is -2.43. The average molecular weight is 245 g/mol. The third-order valence-electron chi connectivity index (χ3n) is 4.51. The number of aliphatic hydroxyl groups excluding tert-OH is 1. The van der Waals surface area contributed by atoms with Gasteiger partial charge in [-0.2, -0.15) is 0 Å². The van der Waals surface area contributed by atoms with E-state index in [2.05, 4.69) is 29.6 Å². The summed E-state index contributed by atoms with van der Waals surface area (Å²) >= 11 is 0. The Bertz CT molecular complexity index is 396. The van der Waals surface area contributed by atoms with Crippen molar-refractivity contribution in [3.8, 4) is 0 Å². The summed E-state index contributed by atoms with van der Waals surface area (Å²) in [7, 11) is 0. The Kier molecular flexibility index (Phi) is 3.67. The van der Waals surface area contributed by atoms with Crippen LogP contribution in [0.15, 0.2) is 24.3 Å². The van der Waals surface area contributed by atoms with Gasteiger partial charge >= 0.3 is 0 Å². The quantitative estimate of drug-likeness (QED) is 0.839. The fraction of sp³-hybridized carbons (Fsp3) is 0.625. The molecular formula is C16H23NO.